The first-order valence-electron chi connectivity index (χ1n) is 10.5. The Labute approximate surface area is 186 Å². The average molecular weight is 438 g/mol. The third-order valence-electron chi connectivity index (χ3n) is 5.68. The van der Waals surface area contributed by atoms with Gasteiger partial charge in [-0.05, 0) is 55.9 Å². The van der Waals surface area contributed by atoms with E-state index in [1.807, 2.05) is 0 Å². The van der Waals surface area contributed by atoms with Crippen molar-refractivity contribution in [1.29, 1.82) is 0 Å². The monoisotopic (exact) mass is 438 g/mol. The normalized spacial score (nSPS) is 17.8. The lowest BCUT2D eigenvalue weighted by Gasteiger charge is -2.26. The topological polar surface area (TPSA) is 117 Å². The SMILES string of the molecule is CCN(CC)CCCN1C(=O)C(=O)C(=C(O)c2ccncc2)C1c1ccc([N+](=O)[O-])cc1. The van der Waals surface area contributed by atoms with Crippen LogP contribution in [0.3, 0.4) is 0 Å². The van der Waals surface area contributed by atoms with E-state index in [9.17, 15) is 24.8 Å². The second-order valence-electron chi connectivity index (χ2n) is 7.46. The number of hydrogen-bond acceptors (Lipinski definition) is 7. The molecule has 1 atom stereocenters. The molecule has 168 valence electrons. The Bertz CT molecular complexity index is 1020. The van der Waals surface area contributed by atoms with Gasteiger partial charge in [-0.25, -0.2) is 0 Å². The number of rotatable bonds is 9. The molecule has 9 nitrogen and oxygen atoms in total. The van der Waals surface area contributed by atoms with Crippen molar-refractivity contribution in [2.24, 2.45) is 0 Å². The van der Waals surface area contributed by atoms with E-state index in [0.717, 1.165) is 19.6 Å². The zero-order chi connectivity index (χ0) is 23.3. The van der Waals surface area contributed by atoms with E-state index in [1.54, 1.807) is 12.1 Å². The maximum atomic E-state index is 13.0. The highest BCUT2D eigenvalue weighted by Gasteiger charge is 2.45. The molecule has 32 heavy (non-hydrogen) atoms. The van der Waals surface area contributed by atoms with E-state index in [0.29, 0.717) is 24.1 Å². The van der Waals surface area contributed by atoms with Crippen LogP contribution in [0.4, 0.5) is 5.69 Å². The predicted octanol–water partition coefficient (Wildman–Crippen LogP) is 3.14. The van der Waals surface area contributed by atoms with Gasteiger partial charge < -0.3 is 14.9 Å². The van der Waals surface area contributed by atoms with Crippen molar-refractivity contribution in [1.82, 2.24) is 14.8 Å². The third-order valence-corrected chi connectivity index (χ3v) is 5.68. The Balaban J connectivity index is 2.02. The summed E-state index contributed by atoms with van der Waals surface area (Å²) in [6.07, 6.45) is 3.61. The van der Waals surface area contributed by atoms with E-state index in [2.05, 4.69) is 23.7 Å². The zero-order valence-corrected chi connectivity index (χ0v) is 18.1. The Hall–Kier alpha value is -3.59. The number of Topliss-reactive ketones (excluding diaryl/α,β-unsaturated/α-hetero) is 1. The molecule has 0 bridgehead atoms. The molecule has 1 aromatic heterocycles. The number of carbonyl (C=O) groups is 2. The number of likely N-dealkylation sites (tertiary alicyclic amines) is 1. The molecular formula is C23H26N4O5. The minimum Gasteiger partial charge on any atom is -0.507 e. The van der Waals surface area contributed by atoms with Crippen molar-refractivity contribution in [3.8, 4) is 0 Å². The molecule has 1 amide bonds. The number of carbonyl (C=O) groups excluding carboxylic acids is 2. The summed E-state index contributed by atoms with van der Waals surface area (Å²) in [6, 6.07) is 7.97. The standard InChI is InChI=1S/C23H26N4O5/c1-3-25(4-2)14-5-15-26-20(16-6-8-18(9-7-16)27(31)32)19(22(29)23(26)30)21(28)17-10-12-24-13-11-17/h6-13,20,28H,3-5,14-15H2,1-2H3. The molecule has 0 radical (unpaired) electrons. The number of pyridine rings is 1. The van der Waals surface area contributed by atoms with Crippen LogP contribution >= 0.6 is 0 Å². The number of ketones is 1. The van der Waals surface area contributed by atoms with Crippen LogP contribution in [0.2, 0.25) is 0 Å². The smallest absolute Gasteiger partial charge is 0.295 e. The Kier molecular flexibility index (Phi) is 7.32. The summed E-state index contributed by atoms with van der Waals surface area (Å²) >= 11 is 0. The fourth-order valence-corrected chi connectivity index (χ4v) is 3.91. The first-order valence-corrected chi connectivity index (χ1v) is 10.5. The zero-order valence-electron chi connectivity index (χ0n) is 18.1. The van der Waals surface area contributed by atoms with Gasteiger partial charge in [0.25, 0.3) is 17.4 Å². The van der Waals surface area contributed by atoms with E-state index in [-0.39, 0.29) is 17.0 Å². The number of nitro groups is 1. The van der Waals surface area contributed by atoms with Crippen LogP contribution in [0.15, 0.2) is 54.4 Å². The van der Waals surface area contributed by atoms with E-state index in [1.165, 1.54) is 41.6 Å². The van der Waals surface area contributed by atoms with Gasteiger partial charge >= 0.3 is 0 Å². The lowest BCUT2D eigenvalue weighted by atomic mass is 9.95. The molecule has 1 N–H and O–H groups in total. The summed E-state index contributed by atoms with van der Waals surface area (Å²) in [6.45, 7) is 6.94. The summed E-state index contributed by atoms with van der Waals surface area (Å²) in [4.78, 5) is 44.0. The molecule has 1 fully saturated rings. The first-order chi connectivity index (χ1) is 15.4. The summed E-state index contributed by atoms with van der Waals surface area (Å²) in [5.41, 5.74) is 0.764. The molecule has 1 unspecified atom stereocenters. The number of aromatic nitrogens is 1. The van der Waals surface area contributed by atoms with Gasteiger partial charge in [0.05, 0.1) is 16.5 Å². The van der Waals surface area contributed by atoms with Crippen LogP contribution in [0.5, 0.6) is 0 Å². The second kappa shape index (κ2) is 10.1. The molecular weight excluding hydrogens is 412 g/mol. The van der Waals surface area contributed by atoms with Gasteiger partial charge in [-0.2, -0.15) is 0 Å². The van der Waals surface area contributed by atoms with Crippen molar-refractivity contribution >= 4 is 23.1 Å². The number of non-ortho nitro benzene ring substituents is 1. The molecule has 2 aromatic rings. The van der Waals surface area contributed by atoms with Crippen LogP contribution in [0.25, 0.3) is 5.76 Å². The number of amides is 1. The molecule has 9 heteroatoms. The fourth-order valence-electron chi connectivity index (χ4n) is 3.91. The minimum atomic E-state index is -0.833. The van der Waals surface area contributed by atoms with E-state index in [4.69, 9.17) is 0 Å². The summed E-state index contributed by atoms with van der Waals surface area (Å²) < 4.78 is 0. The average Bonchev–Trinajstić information content (AvgIpc) is 3.07. The molecule has 1 aliphatic heterocycles. The molecule has 1 saturated heterocycles. The molecule has 0 saturated carbocycles. The molecule has 2 heterocycles. The number of nitro benzene ring substituents is 1. The summed E-state index contributed by atoms with van der Waals surface area (Å²) in [7, 11) is 0. The fraction of sp³-hybridized carbons (Fsp3) is 0.348. The van der Waals surface area contributed by atoms with Crippen molar-refractivity contribution in [3.63, 3.8) is 0 Å². The summed E-state index contributed by atoms with van der Waals surface area (Å²) in [5, 5.41) is 22.0. The Morgan fingerprint density at radius 3 is 2.31 bits per heavy atom. The van der Waals surface area contributed by atoms with Gasteiger partial charge in [0, 0.05) is 36.6 Å². The lowest BCUT2D eigenvalue weighted by molar-refractivity contribution is -0.384. The second-order valence-corrected chi connectivity index (χ2v) is 7.46. The quantitative estimate of drug-likeness (QED) is 0.210. The highest BCUT2D eigenvalue weighted by atomic mass is 16.6. The number of hydrogen-bond donors (Lipinski definition) is 1. The van der Waals surface area contributed by atoms with Gasteiger partial charge in [-0.3, -0.25) is 24.7 Å². The van der Waals surface area contributed by atoms with Crippen LogP contribution in [-0.2, 0) is 9.59 Å². The third kappa shape index (κ3) is 4.67. The van der Waals surface area contributed by atoms with Crippen molar-refractivity contribution in [3.05, 3.63) is 75.6 Å². The number of aliphatic hydroxyl groups excluding tert-OH is 1. The number of aliphatic hydroxyl groups is 1. The Morgan fingerprint density at radius 2 is 1.75 bits per heavy atom. The van der Waals surface area contributed by atoms with Gasteiger partial charge in [0.15, 0.2) is 0 Å². The van der Waals surface area contributed by atoms with E-state index < -0.39 is 22.7 Å². The molecule has 3 rings (SSSR count). The van der Waals surface area contributed by atoms with Crippen LogP contribution in [0.1, 0.15) is 37.4 Å². The van der Waals surface area contributed by atoms with Crippen molar-refractivity contribution in [2.75, 3.05) is 26.2 Å². The maximum absolute atomic E-state index is 13.0. The van der Waals surface area contributed by atoms with Crippen molar-refractivity contribution < 1.29 is 19.6 Å². The molecule has 0 spiro atoms. The van der Waals surface area contributed by atoms with Gasteiger partial charge in [0.2, 0.25) is 0 Å². The van der Waals surface area contributed by atoms with Gasteiger partial charge in [0.1, 0.15) is 5.76 Å². The molecule has 0 aliphatic carbocycles. The molecule has 1 aliphatic rings. The lowest BCUT2D eigenvalue weighted by Crippen LogP contribution is -2.33. The van der Waals surface area contributed by atoms with Gasteiger partial charge in [-0.1, -0.05) is 13.8 Å². The van der Waals surface area contributed by atoms with Crippen LogP contribution in [0, 0.1) is 10.1 Å². The first kappa shape index (κ1) is 23.1. The Morgan fingerprint density at radius 1 is 1.12 bits per heavy atom. The highest BCUT2D eigenvalue weighted by molar-refractivity contribution is 6.46. The summed E-state index contributed by atoms with van der Waals surface area (Å²) in [5.74, 6) is -1.76. The van der Waals surface area contributed by atoms with Crippen LogP contribution < -0.4 is 0 Å². The van der Waals surface area contributed by atoms with E-state index >= 15 is 0 Å². The molecule has 1 aromatic carbocycles. The van der Waals surface area contributed by atoms with Gasteiger partial charge in [-0.15, -0.1) is 0 Å². The largest absolute Gasteiger partial charge is 0.507 e. The number of benzene rings is 1. The minimum absolute atomic E-state index is 0.0297. The van der Waals surface area contributed by atoms with Crippen LogP contribution in [-0.4, -0.2) is 62.7 Å². The van der Waals surface area contributed by atoms with Crippen molar-refractivity contribution in [2.45, 2.75) is 26.3 Å². The number of nitrogens with zero attached hydrogens (tertiary/aromatic N) is 4. The predicted molar refractivity (Wildman–Crippen MR) is 119 cm³/mol. The maximum Gasteiger partial charge on any atom is 0.295 e. The highest BCUT2D eigenvalue weighted by Crippen LogP contribution is 2.39.